The highest BCUT2D eigenvalue weighted by molar-refractivity contribution is 6.27. The second-order valence-electron chi connectivity index (χ2n) is 3.25. The molecule has 0 fully saturated rings. The maximum absolute atomic E-state index is 10.3. The van der Waals surface area contributed by atoms with Crippen molar-refractivity contribution in [1.82, 2.24) is 0 Å². The van der Waals surface area contributed by atoms with Crippen molar-refractivity contribution >= 4 is 23.9 Å². The Kier molecular flexibility index (Phi) is 11.4. The van der Waals surface area contributed by atoms with E-state index >= 15 is 0 Å². The molecule has 122 valence electrons. The molecule has 0 bridgehead atoms. The highest BCUT2D eigenvalue weighted by Crippen LogP contribution is 2.03. The van der Waals surface area contributed by atoms with Gasteiger partial charge in [-0.3, -0.25) is 0 Å². The summed E-state index contributed by atoms with van der Waals surface area (Å²) in [6, 6.07) is 5.02. The normalized spacial score (nSPS) is 8.45. The summed E-state index contributed by atoms with van der Waals surface area (Å²) in [7, 11) is 0. The number of hydrogen-bond acceptors (Lipinski definition) is 6. The first-order chi connectivity index (χ1) is 10.2. The molecule has 0 spiro atoms. The van der Waals surface area contributed by atoms with Crippen molar-refractivity contribution in [2.75, 3.05) is 13.2 Å². The van der Waals surface area contributed by atoms with Crippen LogP contribution in [0.3, 0.4) is 0 Å². The van der Waals surface area contributed by atoms with Gasteiger partial charge < -0.3 is 30.6 Å². The number of carboxylic acids is 4. The Morgan fingerprint density at radius 3 is 0.955 bits per heavy atom. The van der Waals surface area contributed by atoms with Crippen LogP contribution in [-0.2, 0) is 9.59 Å². The summed E-state index contributed by atoms with van der Waals surface area (Å²) < 4.78 is 0. The van der Waals surface area contributed by atoms with Crippen LogP contribution in [0.15, 0.2) is 24.3 Å². The van der Waals surface area contributed by atoms with Gasteiger partial charge in [0, 0.05) is 0 Å². The molecule has 0 radical (unpaired) electrons. The minimum absolute atomic E-state index is 0.0833. The Morgan fingerprint density at radius 2 is 0.864 bits per heavy atom. The molecular weight excluding hydrogens is 304 g/mol. The lowest BCUT2D eigenvalue weighted by Gasteiger charge is -1.94. The molecule has 0 amide bonds. The predicted octanol–water partition coefficient (Wildman–Crippen LogP) is -0.790. The van der Waals surface area contributed by atoms with Gasteiger partial charge in [-0.05, 0) is 24.3 Å². The molecule has 0 heterocycles. The molecule has 0 aliphatic rings. The molecule has 10 heteroatoms. The quantitative estimate of drug-likeness (QED) is 0.385. The van der Waals surface area contributed by atoms with Gasteiger partial charge in [-0.25, -0.2) is 19.2 Å². The van der Waals surface area contributed by atoms with Gasteiger partial charge in [-0.2, -0.15) is 0 Å². The molecule has 0 saturated heterocycles. The van der Waals surface area contributed by atoms with Crippen LogP contribution in [0.4, 0.5) is 0 Å². The van der Waals surface area contributed by atoms with E-state index in [1.54, 1.807) is 0 Å². The van der Waals surface area contributed by atoms with E-state index in [4.69, 9.17) is 40.2 Å². The lowest BCUT2D eigenvalue weighted by Crippen LogP contribution is -2.09. The van der Waals surface area contributed by atoms with E-state index < -0.39 is 23.9 Å². The number of aliphatic carboxylic acids is 2. The van der Waals surface area contributed by atoms with E-state index in [1.165, 1.54) is 24.3 Å². The lowest BCUT2D eigenvalue weighted by atomic mass is 10.1. The van der Waals surface area contributed by atoms with Crippen LogP contribution in [0.1, 0.15) is 20.7 Å². The Morgan fingerprint density at radius 1 is 0.636 bits per heavy atom. The lowest BCUT2D eigenvalue weighted by molar-refractivity contribution is -0.159. The summed E-state index contributed by atoms with van der Waals surface area (Å²) >= 11 is 0. The van der Waals surface area contributed by atoms with Crippen molar-refractivity contribution in [1.29, 1.82) is 0 Å². The number of carboxylic acid groups (broad SMARTS) is 4. The maximum atomic E-state index is 10.3. The minimum atomic E-state index is -1.82. The topological polar surface area (TPSA) is 190 Å². The summed E-state index contributed by atoms with van der Waals surface area (Å²) in [5, 5.41) is 47.0. The van der Waals surface area contributed by atoms with E-state index in [0.717, 1.165) is 0 Å². The predicted molar refractivity (Wildman–Crippen MR) is 69.8 cm³/mol. The van der Waals surface area contributed by atoms with Crippen LogP contribution < -0.4 is 0 Å². The molecule has 1 aromatic carbocycles. The van der Waals surface area contributed by atoms with Crippen molar-refractivity contribution in [3.8, 4) is 0 Å². The number of rotatable bonds is 3. The highest BCUT2D eigenvalue weighted by atomic mass is 16.4. The van der Waals surface area contributed by atoms with Gasteiger partial charge in [0.1, 0.15) is 0 Å². The Balaban J connectivity index is 0. The van der Waals surface area contributed by atoms with Crippen LogP contribution in [0.2, 0.25) is 0 Å². The summed E-state index contributed by atoms with van der Waals surface area (Å²) in [5.41, 5.74) is 0.167. The number of benzene rings is 1. The Labute approximate surface area is 123 Å². The van der Waals surface area contributed by atoms with Crippen molar-refractivity contribution < 1.29 is 49.8 Å². The third kappa shape index (κ3) is 10.9. The number of aromatic carboxylic acids is 2. The first-order valence-corrected chi connectivity index (χ1v) is 5.41. The molecule has 0 atom stereocenters. The molecule has 0 aliphatic heterocycles. The molecule has 1 aromatic rings. The van der Waals surface area contributed by atoms with Crippen LogP contribution >= 0.6 is 0 Å². The van der Waals surface area contributed by atoms with Gasteiger partial charge in [-0.15, -0.1) is 0 Å². The highest BCUT2D eigenvalue weighted by Gasteiger charge is 2.05. The maximum Gasteiger partial charge on any atom is 0.414 e. The third-order valence-electron chi connectivity index (χ3n) is 1.66. The third-order valence-corrected chi connectivity index (χ3v) is 1.66. The van der Waals surface area contributed by atoms with E-state index in [2.05, 4.69) is 0 Å². The molecule has 0 saturated carbocycles. The number of aliphatic hydroxyl groups excluding tert-OH is 2. The van der Waals surface area contributed by atoms with Crippen LogP contribution in [0, 0.1) is 0 Å². The largest absolute Gasteiger partial charge is 0.478 e. The van der Waals surface area contributed by atoms with Crippen molar-refractivity contribution in [2.45, 2.75) is 0 Å². The van der Waals surface area contributed by atoms with Crippen LogP contribution in [0.25, 0.3) is 0 Å². The number of aliphatic hydroxyl groups is 2. The second kappa shape index (κ2) is 11.8. The van der Waals surface area contributed by atoms with E-state index in [1.807, 2.05) is 0 Å². The average molecular weight is 318 g/mol. The first-order valence-electron chi connectivity index (χ1n) is 5.41. The van der Waals surface area contributed by atoms with Crippen molar-refractivity contribution in [3.63, 3.8) is 0 Å². The Bertz CT molecular complexity index is 458. The van der Waals surface area contributed by atoms with Gasteiger partial charge in [0.05, 0.1) is 24.3 Å². The summed E-state index contributed by atoms with van der Waals surface area (Å²) in [4.78, 5) is 38.9. The summed E-state index contributed by atoms with van der Waals surface area (Å²) in [6.07, 6.45) is 0. The molecule has 0 unspecified atom stereocenters. The zero-order valence-electron chi connectivity index (χ0n) is 11.0. The smallest absolute Gasteiger partial charge is 0.414 e. The second-order valence-corrected chi connectivity index (χ2v) is 3.25. The Hall–Kier alpha value is -2.98. The van der Waals surface area contributed by atoms with Gasteiger partial charge in [0.15, 0.2) is 0 Å². The fourth-order valence-electron chi connectivity index (χ4n) is 0.755. The molecule has 0 aromatic heterocycles. The number of carbonyl (C=O) groups is 4. The van der Waals surface area contributed by atoms with Crippen molar-refractivity contribution in [2.24, 2.45) is 0 Å². The van der Waals surface area contributed by atoms with Crippen LogP contribution in [-0.4, -0.2) is 67.7 Å². The molecule has 0 aliphatic carbocycles. The molecular formula is C12H14O10. The van der Waals surface area contributed by atoms with Gasteiger partial charge in [-0.1, -0.05) is 0 Å². The van der Waals surface area contributed by atoms with E-state index in [-0.39, 0.29) is 24.3 Å². The van der Waals surface area contributed by atoms with Gasteiger partial charge >= 0.3 is 23.9 Å². The fourth-order valence-corrected chi connectivity index (χ4v) is 0.755. The summed E-state index contributed by atoms with van der Waals surface area (Å²) in [5.74, 6) is -5.77. The molecule has 6 N–H and O–H groups in total. The summed E-state index contributed by atoms with van der Waals surface area (Å²) in [6.45, 7) is -0.250. The SMILES string of the molecule is O=C(O)C(=O)O.O=C(O)c1ccc(C(=O)O)cc1.OCCO. The molecule has 10 nitrogen and oxygen atoms in total. The standard InChI is InChI=1S/C8H6O4.C2H2O4.C2H6O2/c9-7(10)5-1-2-6(4-3-5)8(11)12;3-1(4)2(5)6;3-1-2-4/h1-4H,(H,9,10)(H,11,12);(H,3,4)(H,5,6);3-4H,1-2H2. The number of hydrogen-bond donors (Lipinski definition) is 6. The zero-order valence-corrected chi connectivity index (χ0v) is 11.0. The average Bonchev–Trinajstić information content (AvgIpc) is 2.48. The van der Waals surface area contributed by atoms with Crippen LogP contribution in [0.5, 0.6) is 0 Å². The van der Waals surface area contributed by atoms with Gasteiger partial charge in [0.2, 0.25) is 0 Å². The first kappa shape index (κ1) is 21.3. The van der Waals surface area contributed by atoms with E-state index in [0.29, 0.717) is 0 Å². The molecule has 22 heavy (non-hydrogen) atoms. The zero-order chi connectivity index (χ0) is 17.7. The van der Waals surface area contributed by atoms with E-state index in [9.17, 15) is 9.59 Å². The minimum Gasteiger partial charge on any atom is -0.478 e. The fraction of sp³-hybridized carbons (Fsp3) is 0.167. The van der Waals surface area contributed by atoms with Gasteiger partial charge in [0.25, 0.3) is 0 Å². The monoisotopic (exact) mass is 318 g/mol. The van der Waals surface area contributed by atoms with Crippen molar-refractivity contribution in [3.05, 3.63) is 35.4 Å². The molecule has 1 rings (SSSR count).